The standard InChI is InChI=1S/C12H23NO9/c14-3-6(16)5(13-12(20)21)1-2-7-9(17)11(19)10(18)8(4-15)22-7/h5-11,13-19H,1-4H2,(H,20,21)/t5-,6+,7+,8?,9?,10-,11+/m0/s1. The van der Waals surface area contributed by atoms with E-state index in [2.05, 4.69) is 0 Å². The molecule has 22 heavy (non-hydrogen) atoms. The van der Waals surface area contributed by atoms with E-state index >= 15 is 0 Å². The van der Waals surface area contributed by atoms with Gasteiger partial charge in [-0.15, -0.1) is 0 Å². The molecule has 1 fully saturated rings. The van der Waals surface area contributed by atoms with Crippen LogP contribution in [0.4, 0.5) is 4.79 Å². The average molecular weight is 325 g/mol. The van der Waals surface area contributed by atoms with Crippen LogP contribution in [0.5, 0.6) is 0 Å². The predicted octanol–water partition coefficient (Wildman–Crippen LogP) is -3.40. The molecule has 0 aromatic heterocycles. The first-order chi connectivity index (χ1) is 10.3. The molecule has 1 saturated heterocycles. The molecule has 10 heteroatoms. The molecular weight excluding hydrogens is 302 g/mol. The van der Waals surface area contributed by atoms with E-state index in [-0.39, 0.29) is 12.8 Å². The summed E-state index contributed by atoms with van der Waals surface area (Å²) in [5.41, 5.74) is 0. The fraction of sp³-hybridized carbons (Fsp3) is 0.917. The maximum atomic E-state index is 10.6. The van der Waals surface area contributed by atoms with E-state index in [0.29, 0.717) is 0 Å². The van der Waals surface area contributed by atoms with E-state index in [1.54, 1.807) is 0 Å². The number of carbonyl (C=O) groups is 1. The van der Waals surface area contributed by atoms with Crippen LogP contribution < -0.4 is 5.32 Å². The zero-order chi connectivity index (χ0) is 16.9. The van der Waals surface area contributed by atoms with Crippen LogP contribution in [0.2, 0.25) is 0 Å². The first-order valence-electron chi connectivity index (χ1n) is 6.90. The Bertz CT molecular complexity index is 353. The van der Waals surface area contributed by atoms with Gasteiger partial charge in [0.2, 0.25) is 0 Å². The van der Waals surface area contributed by atoms with E-state index in [1.165, 1.54) is 0 Å². The Hall–Kier alpha value is -1.01. The van der Waals surface area contributed by atoms with Crippen molar-refractivity contribution in [1.82, 2.24) is 5.32 Å². The number of carboxylic acid groups (broad SMARTS) is 1. The van der Waals surface area contributed by atoms with Gasteiger partial charge in [0, 0.05) is 0 Å². The highest BCUT2D eigenvalue weighted by Gasteiger charge is 2.43. The van der Waals surface area contributed by atoms with Gasteiger partial charge in [-0.3, -0.25) is 0 Å². The summed E-state index contributed by atoms with van der Waals surface area (Å²) in [5, 5.41) is 67.4. The highest BCUT2D eigenvalue weighted by atomic mass is 16.5. The normalized spacial score (nSPS) is 34.9. The summed E-state index contributed by atoms with van der Waals surface area (Å²) in [6.45, 7) is -1.21. The van der Waals surface area contributed by atoms with Crippen molar-refractivity contribution in [1.29, 1.82) is 0 Å². The van der Waals surface area contributed by atoms with Gasteiger partial charge in [-0.1, -0.05) is 0 Å². The second-order valence-electron chi connectivity index (χ2n) is 5.25. The fourth-order valence-electron chi connectivity index (χ4n) is 2.41. The Kier molecular flexibility index (Phi) is 7.42. The molecule has 0 saturated carbocycles. The molecule has 0 aliphatic carbocycles. The van der Waals surface area contributed by atoms with Gasteiger partial charge >= 0.3 is 6.09 Å². The quantitative estimate of drug-likeness (QED) is 0.237. The topological polar surface area (TPSA) is 180 Å². The third kappa shape index (κ3) is 4.74. The highest BCUT2D eigenvalue weighted by Crippen LogP contribution is 2.24. The summed E-state index contributed by atoms with van der Waals surface area (Å²) in [6, 6.07) is -0.991. The zero-order valence-corrected chi connectivity index (χ0v) is 11.8. The smallest absolute Gasteiger partial charge is 0.404 e. The van der Waals surface area contributed by atoms with E-state index in [9.17, 15) is 25.2 Å². The summed E-state index contributed by atoms with van der Waals surface area (Å²) < 4.78 is 5.27. The number of hydrogen-bond donors (Lipinski definition) is 8. The molecule has 0 aromatic carbocycles. The van der Waals surface area contributed by atoms with Crippen molar-refractivity contribution in [2.24, 2.45) is 0 Å². The van der Waals surface area contributed by atoms with Crippen LogP contribution in [-0.2, 0) is 4.74 Å². The third-order valence-corrected chi connectivity index (χ3v) is 3.71. The van der Waals surface area contributed by atoms with Crippen molar-refractivity contribution in [2.75, 3.05) is 13.2 Å². The lowest BCUT2D eigenvalue weighted by Gasteiger charge is -2.40. The van der Waals surface area contributed by atoms with Gasteiger partial charge in [0.05, 0.1) is 31.5 Å². The molecule has 1 aliphatic rings. The second kappa shape index (κ2) is 8.58. The second-order valence-corrected chi connectivity index (χ2v) is 5.25. The molecule has 7 atom stereocenters. The monoisotopic (exact) mass is 325 g/mol. The van der Waals surface area contributed by atoms with Crippen molar-refractivity contribution >= 4 is 6.09 Å². The minimum atomic E-state index is -1.51. The van der Waals surface area contributed by atoms with Crippen molar-refractivity contribution in [3.05, 3.63) is 0 Å². The van der Waals surface area contributed by atoms with E-state index < -0.39 is 62.0 Å². The first-order valence-corrected chi connectivity index (χ1v) is 6.90. The Morgan fingerprint density at radius 1 is 1.09 bits per heavy atom. The number of aliphatic hydroxyl groups is 6. The molecular formula is C12H23NO9. The molecule has 1 aliphatic heterocycles. The van der Waals surface area contributed by atoms with Gasteiger partial charge in [0.1, 0.15) is 24.4 Å². The molecule has 1 rings (SSSR count). The Morgan fingerprint density at radius 3 is 2.18 bits per heavy atom. The maximum Gasteiger partial charge on any atom is 0.404 e. The summed E-state index contributed by atoms with van der Waals surface area (Å²) >= 11 is 0. The molecule has 2 unspecified atom stereocenters. The van der Waals surface area contributed by atoms with E-state index in [0.717, 1.165) is 0 Å². The van der Waals surface area contributed by atoms with Crippen molar-refractivity contribution in [3.63, 3.8) is 0 Å². The van der Waals surface area contributed by atoms with Crippen LogP contribution in [0.15, 0.2) is 0 Å². The lowest BCUT2D eigenvalue weighted by Crippen LogP contribution is -2.58. The maximum absolute atomic E-state index is 10.6. The van der Waals surface area contributed by atoms with Gasteiger partial charge in [-0.25, -0.2) is 4.79 Å². The number of aliphatic hydroxyl groups excluding tert-OH is 6. The largest absolute Gasteiger partial charge is 0.465 e. The molecule has 0 spiro atoms. The fourth-order valence-corrected chi connectivity index (χ4v) is 2.41. The predicted molar refractivity (Wildman–Crippen MR) is 71.0 cm³/mol. The van der Waals surface area contributed by atoms with Crippen LogP contribution in [-0.4, -0.2) is 97.7 Å². The molecule has 0 aromatic rings. The molecule has 1 heterocycles. The molecule has 8 N–H and O–H groups in total. The molecule has 10 nitrogen and oxygen atoms in total. The average Bonchev–Trinajstić information content (AvgIpc) is 2.49. The van der Waals surface area contributed by atoms with Crippen molar-refractivity contribution in [2.45, 2.75) is 55.5 Å². The highest BCUT2D eigenvalue weighted by molar-refractivity contribution is 5.64. The Labute approximate surface area is 126 Å². The lowest BCUT2D eigenvalue weighted by molar-refractivity contribution is -0.230. The van der Waals surface area contributed by atoms with Gasteiger partial charge in [0.15, 0.2) is 0 Å². The van der Waals surface area contributed by atoms with Crippen LogP contribution in [0.25, 0.3) is 0 Å². The minimum absolute atomic E-state index is 0.0106. The molecule has 1 amide bonds. The van der Waals surface area contributed by atoms with Crippen LogP contribution in [0.1, 0.15) is 12.8 Å². The van der Waals surface area contributed by atoms with Gasteiger partial charge in [0.25, 0.3) is 0 Å². The Morgan fingerprint density at radius 2 is 1.68 bits per heavy atom. The molecule has 0 bridgehead atoms. The molecule has 130 valence electrons. The number of nitrogens with one attached hydrogen (secondary N) is 1. The van der Waals surface area contributed by atoms with Crippen molar-refractivity contribution < 1.29 is 45.3 Å². The first kappa shape index (κ1) is 19.0. The Balaban J connectivity index is 2.64. The molecule has 0 radical (unpaired) electrons. The summed E-state index contributed by atoms with van der Waals surface area (Å²) in [6.07, 6.45) is -9.07. The van der Waals surface area contributed by atoms with Gasteiger partial charge < -0.3 is 45.8 Å². The third-order valence-electron chi connectivity index (χ3n) is 3.71. The number of rotatable bonds is 7. The summed E-state index contributed by atoms with van der Waals surface area (Å²) in [4.78, 5) is 10.6. The lowest BCUT2D eigenvalue weighted by atomic mass is 9.91. The summed E-state index contributed by atoms with van der Waals surface area (Å²) in [5.74, 6) is 0. The summed E-state index contributed by atoms with van der Waals surface area (Å²) in [7, 11) is 0. The number of hydrogen-bond acceptors (Lipinski definition) is 8. The minimum Gasteiger partial charge on any atom is -0.465 e. The van der Waals surface area contributed by atoms with Crippen LogP contribution >= 0.6 is 0 Å². The van der Waals surface area contributed by atoms with E-state index in [1.807, 2.05) is 5.32 Å². The van der Waals surface area contributed by atoms with Crippen LogP contribution in [0, 0.1) is 0 Å². The van der Waals surface area contributed by atoms with Crippen molar-refractivity contribution in [3.8, 4) is 0 Å². The number of amides is 1. The zero-order valence-electron chi connectivity index (χ0n) is 11.8. The van der Waals surface area contributed by atoms with E-state index in [4.69, 9.17) is 20.1 Å². The SMILES string of the molecule is O=C(O)N[C@@H](CC[C@H]1OC(CO)[C@H](O)[C@H](O)C1O)[C@H](O)CO. The van der Waals surface area contributed by atoms with Gasteiger partial charge in [-0.05, 0) is 12.8 Å². The van der Waals surface area contributed by atoms with Crippen LogP contribution in [0.3, 0.4) is 0 Å². The number of ether oxygens (including phenoxy) is 1. The van der Waals surface area contributed by atoms with Gasteiger partial charge in [-0.2, -0.15) is 0 Å².